The number of pyridine rings is 1. The maximum Gasteiger partial charge on any atom is 0.146 e. The second kappa shape index (κ2) is 11.8. The molecule has 4 heteroatoms. The van der Waals surface area contributed by atoms with E-state index < -0.39 is 0 Å². The zero-order valence-corrected chi connectivity index (χ0v) is 35.3. The smallest absolute Gasteiger partial charge is 0.146 e. The minimum atomic E-state index is -0.0865. The van der Waals surface area contributed by atoms with E-state index in [1.165, 1.54) is 97.8 Å². The Morgan fingerprint density at radius 3 is 1.64 bits per heavy atom. The quantitative estimate of drug-likeness (QED) is 0.178. The number of aromatic nitrogens is 3. The van der Waals surface area contributed by atoms with Gasteiger partial charge in [-0.25, -0.2) is 4.98 Å². The predicted molar refractivity (Wildman–Crippen MR) is 261 cm³/mol. The van der Waals surface area contributed by atoms with E-state index in [0.29, 0.717) is 0 Å². The summed E-state index contributed by atoms with van der Waals surface area (Å²) in [4.78, 5) is 8.05. The largest absolute Gasteiger partial charge is 0.308 e. The van der Waals surface area contributed by atoms with Crippen LogP contribution in [-0.2, 0) is 10.8 Å². The number of hydrogen-bond acceptors (Lipinski definition) is 2. The molecule has 0 aliphatic heterocycles. The Labute approximate surface area is 353 Å². The first-order chi connectivity index (χ1) is 29.6. The molecule has 0 spiro atoms. The van der Waals surface area contributed by atoms with E-state index in [9.17, 15) is 0 Å². The molecule has 13 aromatic rings. The van der Waals surface area contributed by atoms with E-state index in [1.807, 2.05) is 0 Å². The summed E-state index contributed by atoms with van der Waals surface area (Å²) in [5.74, 6) is 0. The van der Waals surface area contributed by atoms with Crippen LogP contribution in [0.3, 0.4) is 0 Å². The van der Waals surface area contributed by atoms with Crippen LogP contribution < -0.4 is 4.90 Å². The van der Waals surface area contributed by atoms with Crippen LogP contribution in [0.4, 0.5) is 17.1 Å². The number of para-hydroxylation sites is 2. The van der Waals surface area contributed by atoms with Gasteiger partial charge in [0.1, 0.15) is 5.65 Å². The molecule has 0 aliphatic carbocycles. The fourth-order valence-electron chi connectivity index (χ4n) is 10.7. The summed E-state index contributed by atoms with van der Waals surface area (Å²) in [5.41, 5.74) is 13.0. The molecule has 5 heterocycles. The number of fused-ring (bicyclic) bond motifs is 16. The van der Waals surface area contributed by atoms with Crippen LogP contribution in [0.25, 0.3) is 97.9 Å². The van der Waals surface area contributed by atoms with Crippen molar-refractivity contribution in [1.29, 1.82) is 0 Å². The van der Waals surface area contributed by atoms with E-state index in [1.54, 1.807) is 0 Å². The monoisotopic (exact) mass is 784 g/mol. The van der Waals surface area contributed by atoms with Gasteiger partial charge < -0.3 is 9.30 Å². The van der Waals surface area contributed by atoms with Crippen LogP contribution in [0, 0.1) is 0 Å². The standard InChI is InChI=1S/C57H44N4/c1-56(2,3)35-25-26-46-41(29-35)42-27-33-17-13-15-23-39(33)49-50-48-45-31-36(57(4,5)6)30-44-43-28-34-18-14-16-24-40(34)53(59(37-19-9-7-10-20-37)38-21-11-8-12-22-38)54(43)60(51(44)45)47(48)32-58-55(50)61(46)52(42)49/h7-32H,1-6H3. The molecule has 0 bridgehead atoms. The third kappa shape index (κ3) is 4.57. The van der Waals surface area contributed by atoms with Gasteiger partial charge in [-0.2, -0.15) is 0 Å². The lowest BCUT2D eigenvalue weighted by Crippen LogP contribution is -2.11. The van der Waals surface area contributed by atoms with Crippen LogP contribution in [0.5, 0.6) is 0 Å². The molecule has 4 nitrogen and oxygen atoms in total. The molecule has 0 radical (unpaired) electrons. The highest BCUT2D eigenvalue weighted by Gasteiger charge is 2.31. The van der Waals surface area contributed by atoms with Crippen molar-refractivity contribution in [3.63, 3.8) is 0 Å². The van der Waals surface area contributed by atoms with Gasteiger partial charge >= 0.3 is 0 Å². The molecule has 0 saturated heterocycles. The summed E-state index contributed by atoms with van der Waals surface area (Å²) in [6.07, 6.45) is 2.17. The molecule has 0 aliphatic rings. The summed E-state index contributed by atoms with van der Waals surface area (Å²) < 4.78 is 5.04. The van der Waals surface area contributed by atoms with Crippen molar-refractivity contribution in [2.24, 2.45) is 0 Å². The van der Waals surface area contributed by atoms with Crippen LogP contribution >= 0.6 is 0 Å². The third-order valence-corrected chi connectivity index (χ3v) is 13.6. The van der Waals surface area contributed by atoms with E-state index in [2.05, 4.69) is 213 Å². The predicted octanol–water partition coefficient (Wildman–Crippen LogP) is 15.8. The number of hydrogen-bond donors (Lipinski definition) is 0. The molecule has 5 aromatic heterocycles. The number of benzene rings is 8. The van der Waals surface area contributed by atoms with Gasteiger partial charge in [0, 0.05) is 59.9 Å². The van der Waals surface area contributed by atoms with Crippen LogP contribution in [0.2, 0.25) is 0 Å². The highest BCUT2D eigenvalue weighted by molar-refractivity contribution is 6.39. The molecular formula is C57H44N4. The maximum absolute atomic E-state index is 5.58. The first-order valence-electron chi connectivity index (χ1n) is 21.6. The fraction of sp³-hybridized carbons (Fsp3) is 0.140. The van der Waals surface area contributed by atoms with Crippen LogP contribution in [0.1, 0.15) is 52.7 Å². The molecule has 0 N–H and O–H groups in total. The lowest BCUT2D eigenvalue weighted by atomic mass is 9.85. The molecule has 13 rings (SSSR count). The lowest BCUT2D eigenvalue weighted by molar-refractivity contribution is 0.591. The Morgan fingerprint density at radius 2 is 0.967 bits per heavy atom. The number of anilines is 3. The first-order valence-corrected chi connectivity index (χ1v) is 21.6. The summed E-state index contributed by atoms with van der Waals surface area (Å²) in [6, 6.07) is 56.5. The normalized spacial score (nSPS) is 13.1. The Hall–Kier alpha value is -7.17. The second-order valence-corrected chi connectivity index (χ2v) is 19.3. The average Bonchev–Trinajstić information content (AvgIpc) is 3.99. The Morgan fingerprint density at radius 1 is 0.410 bits per heavy atom. The average molecular weight is 785 g/mol. The molecule has 0 fully saturated rings. The van der Waals surface area contributed by atoms with Crippen molar-refractivity contribution in [1.82, 2.24) is 13.8 Å². The Kier molecular flexibility index (Phi) is 6.69. The van der Waals surface area contributed by atoms with Gasteiger partial charge in [-0.05, 0) is 98.8 Å². The zero-order valence-electron chi connectivity index (χ0n) is 35.3. The summed E-state index contributed by atoms with van der Waals surface area (Å²) in [7, 11) is 0. The molecule has 0 amide bonds. The number of nitrogens with zero attached hydrogens (tertiary/aromatic N) is 4. The molecule has 292 valence electrons. The van der Waals surface area contributed by atoms with Crippen molar-refractivity contribution < 1.29 is 0 Å². The van der Waals surface area contributed by atoms with Crippen molar-refractivity contribution in [3.8, 4) is 0 Å². The summed E-state index contributed by atoms with van der Waals surface area (Å²) >= 11 is 0. The Balaban J connectivity index is 1.30. The van der Waals surface area contributed by atoms with Gasteiger partial charge in [0.25, 0.3) is 0 Å². The number of rotatable bonds is 3. The van der Waals surface area contributed by atoms with Gasteiger partial charge in [-0.3, -0.25) is 4.40 Å². The Bertz CT molecular complexity index is 3890. The van der Waals surface area contributed by atoms with Crippen molar-refractivity contribution in [2.45, 2.75) is 52.4 Å². The molecule has 0 unspecified atom stereocenters. The van der Waals surface area contributed by atoms with Gasteiger partial charge in [-0.15, -0.1) is 0 Å². The van der Waals surface area contributed by atoms with Gasteiger partial charge in [0.05, 0.1) is 39.5 Å². The summed E-state index contributed by atoms with van der Waals surface area (Å²) in [5, 5.41) is 15.1. The van der Waals surface area contributed by atoms with E-state index >= 15 is 0 Å². The second-order valence-electron chi connectivity index (χ2n) is 19.3. The molecule has 0 atom stereocenters. The third-order valence-electron chi connectivity index (χ3n) is 13.6. The maximum atomic E-state index is 5.58. The van der Waals surface area contributed by atoms with E-state index in [-0.39, 0.29) is 10.8 Å². The summed E-state index contributed by atoms with van der Waals surface area (Å²) in [6.45, 7) is 13.9. The van der Waals surface area contributed by atoms with E-state index in [4.69, 9.17) is 4.98 Å². The van der Waals surface area contributed by atoms with Crippen LogP contribution in [-0.4, -0.2) is 13.8 Å². The molecule has 8 aromatic carbocycles. The van der Waals surface area contributed by atoms with Gasteiger partial charge in [0.15, 0.2) is 0 Å². The van der Waals surface area contributed by atoms with Gasteiger partial charge in [-0.1, -0.05) is 133 Å². The molecule has 0 saturated carbocycles. The van der Waals surface area contributed by atoms with E-state index in [0.717, 1.165) is 28.2 Å². The first kappa shape index (κ1) is 34.7. The van der Waals surface area contributed by atoms with Crippen molar-refractivity contribution in [2.75, 3.05) is 4.90 Å². The van der Waals surface area contributed by atoms with Crippen molar-refractivity contribution >= 4 is 115 Å². The zero-order chi connectivity index (χ0) is 41.1. The minimum Gasteiger partial charge on any atom is -0.308 e. The topological polar surface area (TPSA) is 24.9 Å². The molecule has 61 heavy (non-hydrogen) atoms. The highest BCUT2D eigenvalue weighted by Crippen LogP contribution is 2.52. The minimum absolute atomic E-state index is 0.0316. The SMILES string of the molecule is CC(C)(C)c1ccc2c(c1)c1cc3ccccc3c3c4c5c6cc(C(C)(C)C)cc7c8cc9ccccc9c(N(c9ccccc9)c9ccccc9)c8n(c5cnc4n2c13)c76. The van der Waals surface area contributed by atoms with Gasteiger partial charge in [0.2, 0.25) is 0 Å². The van der Waals surface area contributed by atoms with Crippen molar-refractivity contribution in [3.05, 3.63) is 169 Å². The lowest BCUT2D eigenvalue weighted by Gasteiger charge is -2.28. The fourth-order valence-corrected chi connectivity index (χ4v) is 10.7. The molecular weight excluding hydrogens is 741 g/mol. The van der Waals surface area contributed by atoms with Crippen LogP contribution in [0.15, 0.2) is 158 Å². The highest BCUT2D eigenvalue weighted by atomic mass is 15.2.